The summed E-state index contributed by atoms with van der Waals surface area (Å²) in [4.78, 5) is 21.4. The van der Waals surface area contributed by atoms with Gasteiger partial charge in [-0.15, -0.1) is 0 Å². The van der Waals surface area contributed by atoms with Crippen LogP contribution in [0, 0.1) is 5.41 Å². The molecule has 0 amide bonds. The molecule has 0 aromatic heterocycles. The normalized spacial score (nSPS) is 17.2. The number of carboxylic acids is 2. The van der Waals surface area contributed by atoms with Crippen molar-refractivity contribution in [3.05, 3.63) is 0 Å². The van der Waals surface area contributed by atoms with Gasteiger partial charge in [0.15, 0.2) is 5.60 Å². The number of aliphatic hydroxyl groups excluding tert-OH is 1. The standard InChI is InChI=1S/C11H20O6/c1-10(2,3)6-11(17,9(15)16)7(12)4-5-8(13)14/h7,12,17H,4-6H2,1-3H3,(H,13,14)(H,15,16). The molecule has 100 valence electrons. The van der Waals surface area contributed by atoms with E-state index in [2.05, 4.69) is 0 Å². The van der Waals surface area contributed by atoms with Crippen LogP contribution in [-0.2, 0) is 9.59 Å². The Hall–Kier alpha value is -1.14. The topological polar surface area (TPSA) is 115 Å². The highest BCUT2D eigenvalue weighted by Crippen LogP contribution is 2.31. The Balaban J connectivity index is 4.82. The maximum Gasteiger partial charge on any atom is 0.338 e. The lowest BCUT2D eigenvalue weighted by atomic mass is 9.78. The van der Waals surface area contributed by atoms with E-state index in [0.717, 1.165) is 0 Å². The minimum atomic E-state index is -2.31. The summed E-state index contributed by atoms with van der Waals surface area (Å²) in [5, 5.41) is 37.1. The summed E-state index contributed by atoms with van der Waals surface area (Å²) in [6.45, 7) is 5.18. The van der Waals surface area contributed by atoms with Crippen molar-refractivity contribution in [1.29, 1.82) is 0 Å². The Morgan fingerprint density at radius 2 is 1.65 bits per heavy atom. The zero-order valence-electron chi connectivity index (χ0n) is 10.3. The van der Waals surface area contributed by atoms with Gasteiger partial charge in [-0.3, -0.25) is 4.79 Å². The summed E-state index contributed by atoms with van der Waals surface area (Å²) in [5.41, 5.74) is -2.81. The monoisotopic (exact) mass is 248 g/mol. The molecular weight excluding hydrogens is 228 g/mol. The van der Waals surface area contributed by atoms with Crippen LogP contribution >= 0.6 is 0 Å². The molecule has 0 saturated heterocycles. The number of carboxylic acid groups (broad SMARTS) is 2. The van der Waals surface area contributed by atoms with E-state index in [9.17, 15) is 19.8 Å². The van der Waals surface area contributed by atoms with Crippen molar-refractivity contribution >= 4 is 11.9 Å². The second kappa shape index (κ2) is 5.46. The van der Waals surface area contributed by atoms with Gasteiger partial charge in [0.1, 0.15) is 0 Å². The van der Waals surface area contributed by atoms with Crippen LogP contribution in [0.4, 0.5) is 0 Å². The van der Waals surface area contributed by atoms with Crippen molar-refractivity contribution in [3.8, 4) is 0 Å². The molecule has 0 spiro atoms. The molecule has 6 heteroatoms. The molecule has 0 rings (SSSR count). The maximum atomic E-state index is 11.0. The average molecular weight is 248 g/mol. The molecule has 6 nitrogen and oxygen atoms in total. The smallest absolute Gasteiger partial charge is 0.338 e. The number of aliphatic carboxylic acids is 2. The van der Waals surface area contributed by atoms with E-state index in [1.807, 2.05) is 0 Å². The van der Waals surface area contributed by atoms with E-state index in [1.165, 1.54) is 0 Å². The quantitative estimate of drug-likeness (QED) is 0.543. The molecule has 0 aromatic rings. The molecule has 2 atom stereocenters. The summed E-state index contributed by atoms with van der Waals surface area (Å²) in [6, 6.07) is 0. The molecule has 4 N–H and O–H groups in total. The number of aliphatic hydroxyl groups is 2. The molecule has 2 unspecified atom stereocenters. The number of carbonyl (C=O) groups is 2. The largest absolute Gasteiger partial charge is 0.481 e. The first-order valence-corrected chi connectivity index (χ1v) is 5.34. The van der Waals surface area contributed by atoms with Gasteiger partial charge >= 0.3 is 11.9 Å². The molecule has 0 saturated carbocycles. The zero-order valence-corrected chi connectivity index (χ0v) is 10.3. The fraction of sp³-hybridized carbons (Fsp3) is 0.818. The van der Waals surface area contributed by atoms with Crippen LogP contribution < -0.4 is 0 Å². The van der Waals surface area contributed by atoms with Crippen LogP contribution in [0.15, 0.2) is 0 Å². The van der Waals surface area contributed by atoms with E-state index in [-0.39, 0.29) is 19.3 Å². The van der Waals surface area contributed by atoms with Crippen molar-refractivity contribution in [2.45, 2.75) is 51.7 Å². The van der Waals surface area contributed by atoms with Gasteiger partial charge < -0.3 is 20.4 Å². The Morgan fingerprint density at radius 3 is 1.94 bits per heavy atom. The summed E-state index contributed by atoms with van der Waals surface area (Å²) in [6.07, 6.45) is -2.44. The van der Waals surface area contributed by atoms with Crippen LogP contribution in [0.1, 0.15) is 40.0 Å². The fourth-order valence-electron chi connectivity index (χ4n) is 1.64. The third-order valence-corrected chi connectivity index (χ3v) is 2.35. The van der Waals surface area contributed by atoms with E-state index < -0.39 is 29.1 Å². The fourth-order valence-corrected chi connectivity index (χ4v) is 1.64. The van der Waals surface area contributed by atoms with Gasteiger partial charge in [0, 0.05) is 6.42 Å². The van der Waals surface area contributed by atoms with E-state index >= 15 is 0 Å². The molecule has 0 aliphatic carbocycles. The second-order valence-electron chi connectivity index (χ2n) is 5.42. The Bertz CT molecular complexity index is 293. The Labute approximate surface area is 99.9 Å². The lowest BCUT2D eigenvalue weighted by Gasteiger charge is -2.34. The first kappa shape index (κ1) is 15.9. The second-order valence-corrected chi connectivity index (χ2v) is 5.42. The predicted molar refractivity (Wildman–Crippen MR) is 59.5 cm³/mol. The lowest BCUT2D eigenvalue weighted by Crippen LogP contribution is -2.52. The number of hydrogen-bond acceptors (Lipinski definition) is 4. The van der Waals surface area contributed by atoms with Crippen LogP contribution in [0.3, 0.4) is 0 Å². The highest BCUT2D eigenvalue weighted by molar-refractivity contribution is 5.78. The van der Waals surface area contributed by atoms with Gasteiger partial charge in [0.05, 0.1) is 6.10 Å². The third kappa shape index (κ3) is 5.14. The van der Waals surface area contributed by atoms with Crippen LogP contribution in [0.25, 0.3) is 0 Å². The highest BCUT2D eigenvalue weighted by Gasteiger charge is 2.46. The summed E-state index contributed by atoms with van der Waals surface area (Å²) < 4.78 is 0. The molecule has 0 heterocycles. The molecule has 0 aromatic carbocycles. The van der Waals surface area contributed by atoms with Gasteiger partial charge in [-0.2, -0.15) is 0 Å². The zero-order chi connectivity index (χ0) is 13.9. The van der Waals surface area contributed by atoms with Crippen LogP contribution in [0.5, 0.6) is 0 Å². The third-order valence-electron chi connectivity index (χ3n) is 2.35. The first-order valence-electron chi connectivity index (χ1n) is 5.34. The summed E-state index contributed by atoms with van der Waals surface area (Å²) in [7, 11) is 0. The van der Waals surface area contributed by atoms with Crippen molar-refractivity contribution in [2.75, 3.05) is 0 Å². The molecule has 17 heavy (non-hydrogen) atoms. The Kier molecular flexibility index (Phi) is 5.10. The van der Waals surface area contributed by atoms with E-state index in [0.29, 0.717) is 0 Å². The first-order chi connectivity index (χ1) is 7.49. The molecule has 0 aliphatic heterocycles. The van der Waals surface area contributed by atoms with Crippen molar-refractivity contribution in [3.63, 3.8) is 0 Å². The van der Waals surface area contributed by atoms with Gasteiger partial charge in [-0.1, -0.05) is 20.8 Å². The van der Waals surface area contributed by atoms with Crippen molar-refractivity contribution in [2.24, 2.45) is 5.41 Å². The minimum Gasteiger partial charge on any atom is -0.481 e. The number of rotatable bonds is 6. The molecule has 0 aliphatic rings. The number of hydrogen-bond donors (Lipinski definition) is 4. The van der Waals surface area contributed by atoms with Gasteiger partial charge in [0.25, 0.3) is 0 Å². The maximum absolute atomic E-state index is 11.0. The summed E-state index contributed by atoms with van der Waals surface area (Å²) >= 11 is 0. The highest BCUT2D eigenvalue weighted by atomic mass is 16.4. The van der Waals surface area contributed by atoms with E-state index in [1.54, 1.807) is 20.8 Å². The van der Waals surface area contributed by atoms with Gasteiger partial charge in [-0.25, -0.2) is 4.79 Å². The van der Waals surface area contributed by atoms with Gasteiger partial charge in [-0.05, 0) is 18.3 Å². The predicted octanol–water partition coefficient (Wildman–Crippen LogP) is 0.464. The molecule has 0 radical (unpaired) electrons. The van der Waals surface area contributed by atoms with Crippen LogP contribution in [0.2, 0.25) is 0 Å². The minimum absolute atomic E-state index is 0.157. The van der Waals surface area contributed by atoms with E-state index in [4.69, 9.17) is 10.2 Å². The molecule has 0 bridgehead atoms. The lowest BCUT2D eigenvalue weighted by molar-refractivity contribution is -0.178. The average Bonchev–Trinajstić information content (AvgIpc) is 2.10. The Morgan fingerprint density at radius 1 is 1.18 bits per heavy atom. The van der Waals surface area contributed by atoms with Crippen molar-refractivity contribution in [1.82, 2.24) is 0 Å². The van der Waals surface area contributed by atoms with Crippen LogP contribution in [-0.4, -0.2) is 44.1 Å². The molecular formula is C11H20O6. The summed E-state index contributed by atoms with van der Waals surface area (Å²) in [5.74, 6) is -2.68. The van der Waals surface area contributed by atoms with Crippen molar-refractivity contribution < 1.29 is 30.0 Å². The molecule has 0 fully saturated rings. The van der Waals surface area contributed by atoms with Gasteiger partial charge in [0.2, 0.25) is 0 Å². The SMILES string of the molecule is CC(C)(C)CC(O)(C(=O)O)C(O)CCC(=O)O.